The van der Waals surface area contributed by atoms with Crippen LogP contribution in [0.25, 0.3) is 0 Å². The van der Waals surface area contributed by atoms with E-state index in [0.29, 0.717) is 0 Å². The second-order valence-electron chi connectivity index (χ2n) is 2.19. The summed E-state index contributed by atoms with van der Waals surface area (Å²) in [4.78, 5) is 0. The van der Waals surface area contributed by atoms with Gasteiger partial charge in [0, 0.05) is 0 Å². The van der Waals surface area contributed by atoms with E-state index in [1.165, 1.54) is 11.8 Å². The minimum Gasteiger partial charge on any atom is -0.197 e. The van der Waals surface area contributed by atoms with Gasteiger partial charge in [0.15, 0.2) is 0 Å². The highest BCUT2D eigenvalue weighted by Crippen LogP contribution is 2.21. The quantitative estimate of drug-likeness (QED) is 0.647. The molecule has 11 heavy (non-hydrogen) atoms. The van der Waals surface area contributed by atoms with Gasteiger partial charge in [-0.25, -0.2) is 0 Å². The van der Waals surface area contributed by atoms with Crippen LogP contribution in [0.15, 0.2) is 0 Å². The molecule has 0 rings (SSSR count). The van der Waals surface area contributed by atoms with Crippen LogP contribution in [0.1, 0.15) is 26.7 Å². The molecule has 0 aliphatic heterocycles. The normalized spacial score (nSPS) is 14.5. The summed E-state index contributed by atoms with van der Waals surface area (Å²) in [6, 6.07) is 4.33. The maximum Gasteiger partial charge on any atom is 0.0927 e. The molecule has 0 radical (unpaired) electrons. The molecule has 0 saturated heterocycles. The lowest BCUT2D eigenvalue weighted by Gasteiger charge is -2.08. The third-order valence-corrected chi connectivity index (χ3v) is 2.89. The fraction of sp³-hybridized carbons (Fsp3) is 0.750. The minimum atomic E-state index is -0.0143. The molecule has 0 saturated carbocycles. The highest BCUT2D eigenvalue weighted by atomic mass is 32.2. The average molecular weight is 168 g/mol. The van der Waals surface area contributed by atoms with Crippen molar-refractivity contribution in [3.63, 3.8) is 0 Å². The Morgan fingerprint density at radius 1 is 1.09 bits per heavy atom. The molecular formula is C8H12N2S. The van der Waals surface area contributed by atoms with E-state index in [4.69, 9.17) is 10.5 Å². The minimum absolute atomic E-state index is 0.0143. The summed E-state index contributed by atoms with van der Waals surface area (Å²) in [5.41, 5.74) is 0. The number of hydrogen-bond acceptors (Lipinski definition) is 3. The fourth-order valence-corrected chi connectivity index (χ4v) is 1.54. The van der Waals surface area contributed by atoms with Crippen molar-refractivity contribution in [2.75, 3.05) is 0 Å². The molecule has 0 spiro atoms. The lowest BCUT2D eigenvalue weighted by atomic mass is 10.3. The molecule has 0 bridgehead atoms. The Morgan fingerprint density at radius 2 is 1.45 bits per heavy atom. The van der Waals surface area contributed by atoms with Gasteiger partial charge >= 0.3 is 0 Å². The van der Waals surface area contributed by atoms with E-state index in [2.05, 4.69) is 12.1 Å². The van der Waals surface area contributed by atoms with Gasteiger partial charge < -0.3 is 0 Å². The van der Waals surface area contributed by atoms with Gasteiger partial charge in [-0.2, -0.15) is 10.5 Å². The lowest BCUT2D eigenvalue weighted by molar-refractivity contribution is 0.945. The highest BCUT2D eigenvalue weighted by Gasteiger charge is 2.12. The van der Waals surface area contributed by atoms with Crippen LogP contribution in [0.2, 0.25) is 0 Å². The van der Waals surface area contributed by atoms with E-state index < -0.39 is 0 Å². The zero-order valence-corrected chi connectivity index (χ0v) is 7.69. The molecule has 2 atom stereocenters. The molecule has 2 nitrogen and oxygen atoms in total. The lowest BCUT2D eigenvalue weighted by Crippen LogP contribution is -2.05. The van der Waals surface area contributed by atoms with E-state index in [-0.39, 0.29) is 10.5 Å². The zero-order valence-electron chi connectivity index (χ0n) is 6.87. The van der Waals surface area contributed by atoms with Crippen LogP contribution in [0.3, 0.4) is 0 Å². The Hall–Kier alpha value is -0.670. The van der Waals surface area contributed by atoms with Gasteiger partial charge in [-0.15, -0.1) is 11.8 Å². The number of thioether (sulfide) groups is 1. The van der Waals surface area contributed by atoms with Crippen LogP contribution in [-0.4, -0.2) is 10.5 Å². The van der Waals surface area contributed by atoms with Crippen molar-refractivity contribution < 1.29 is 0 Å². The third kappa shape index (κ3) is 3.91. The van der Waals surface area contributed by atoms with Crippen molar-refractivity contribution in [1.29, 1.82) is 10.5 Å². The van der Waals surface area contributed by atoms with Gasteiger partial charge in [0.05, 0.1) is 22.6 Å². The van der Waals surface area contributed by atoms with Gasteiger partial charge in [0.2, 0.25) is 0 Å². The first-order chi connectivity index (χ1) is 5.28. The molecular weight excluding hydrogens is 156 g/mol. The molecule has 0 fully saturated rings. The van der Waals surface area contributed by atoms with E-state index in [0.717, 1.165) is 12.8 Å². The van der Waals surface area contributed by atoms with Crippen molar-refractivity contribution >= 4 is 11.8 Å². The predicted octanol–water partition coefficient (Wildman–Crippen LogP) is 2.32. The molecule has 0 aliphatic carbocycles. The molecule has 60 valence electrons. The van der Waals surface area contributed by atoms with Gasteiger partial charge in [-0.1, -0.05) is 13.8 Å². The predicted molar refractivity (Wildman–Crippen MR) is 47.0 cm³/mol. The average Bonchev–Trinajstić information content (AvgIpc) is 2.07. The molecule has 0 aliphatic rings. The van der Waals surface area contributed by atoms with Crippen molar-refractivity contribution in [3.8, 4) is 12.1 Å². The summed E-state index contributed by atoms with van der Waals surface area (Å²) in [7, 11) is 0. The van der Waals surface area contributed by atoms with Crippen LogP contribution in [-0.2, 0) is 0 Å². The van der Waals surface area contributed by atoms with E-state index in [1.807, 2.05) is 13.8 Å². The Kier molecular flexibility index (Phi) is 5.70. The smallest absolute Gasteiger partial charge is 0.0927 e. The van der Waals surface area contributed by atoms with Crippen molar-refractivity contribution in [3.05, 3.63) is 0 Å². The number of hydrogen-bond donors (Lipinski definition) is 0. The summed E-state index contributed by atoms with van der Waals surface area (Å²) in [6.07, 6.45) is 1.64. The maximum atomic E-state index is 8.59. The van der Waals surface area contributed by atoms with Gasteiger partial charge in [0.25, 0.3) is 0 Å². The Morgan fingerprint density at radius 3 is 1.64 bits per heavy atom. The second kappa shape index (κ2) is 6.07. The van der Waals surface area contributed by atoms with Crippen LogP contribution in [0, 0.1) is 22.7 Å². The van der Waals surface area contributed by atoms with E-state index in [9.17, 15) is 0 Å². The first kappa shape index (κ1) is 10.3. The topological polar surface area (TPSA) is 47.6 Å². The molecule has 2 unspecified atom stereocenters. The maximum absolute atomic E-state index is 8.59. The molecule has 0 heterocycles. The zero-order chi connectivity index (χ0) is 8.69. The largest absolute Gasteiger partial charge is 0.197 e. The van der Waals surface area contributed by atoms with Gasteiger partial charge in [-0.3, -0.25) is 0 Å². The van der Waals surface area contributed by atoms with Gasteiger partial charge in [-0.05, 0) is 12.8 Å². The van der Waals surface area contributed by atoms with Crippen molar-refractivity contribution in [2.24, 2.45) is 0 Å². The van der Waals surface area contributed by atoms with Crippen LogP contribution < -0.4 is 0 Å². The Bertz CT molecular complexity index is 158. The monoisotopic (exact) mass is 168 g/mol. The summed E-state index contributed by atoms with van der Waals surface area (Å²) >= 11 is 1.47. The molecule has 0 aromatic heterocycles. The Labute approximate surface area is 72.2 Å². The number of nitriles is 2. The van der Waals surface area contributed by atoms with Crippen LogP contribution in [0.4, 0.5) is 0 Å². The summed E-state index contributed by atoms with van der Waals surface area (Å²) in [5.74, 6) is 0. The fourth-order valence-electron chi connectivity index (χ4n) is 0.634. The van der Waals surface area contributed by atoms with Crippen molar-refractivity contribution in [1.82, 2.24) is 0 Å². The molecule has 0 aromatic carbocycles. The first-order valence-electron chi connectivity index (χ1n) is 3.73. The SMILES string of the molecule is CCC(C#N)SC(C#N)CC. The first-order valence-corrected chi connectivity index (χ1v) is 4.67. The molecule has 0 aromatic rings. The summed E-state index contributed by atoms with van der Waals surface area (Å²) < 4.78 is 0. The molecule has 3 heteroatoms. The Balaban J connectivity index is 3.82. The molecule has 0 amide bonds. The third-order valence-electron chi connectivity index (χ3n) is 1.36. The van der Waals surface area contributed by atoms with E-state index >= 15 is 0 Å². The summed E-state index contributed by atoms with van der Waals surface area (Å²) in [5, 5.41) is 17.1. The standard InChI is InChI=1S/C8H12N2S/c1-3-7(5-9)11-8(4-2)6-10/h7-8H,3-4H2,1-2H3. The van der Waals surface area contributed by atoms with Crippen LogP contribution >= 0.6 is 11.8 Å². The number of rotatable bonds is 4. The van der Waals surface area contributed by atoms with Crippen LogP contribution in [0.5, 0.6) is 0 Å². The number of nitrogens with zero attached hydrogens (tertiary/aromatic N) is 2. The van der Waals surface area contributed by atoms with Crippen molar-refractivity contribution in [2.45, 2.75) is 37.2 Å². The van der Waals surface area contributed by atoms with E-state index in [1.54, 1.807) is 0 Å². The van der Waals surface area contributed by atoms with Gasteiger partial charge in [0.1, 0.15) is 0 Å². The second-order valence-corrected chi connectivity index (χ2v) is 3.60. The highest BCUT2D eigenvalue weighted by molar-refractivity contribution is 8.00. The summed E-state index contributed by atoms with van der Waals surface area (Å²) in [6.45, 7) is 3.93. The molecule has 0 N–H and O–H groups in total.